The minimum atomic E-state index is -1.06. The lowest BCUT2D eigenvalue weighted by Gasteiger charge is -2.08. The molecule has 0 atom stereocenters. The lowest BCUT2D eigenvalue weighted by atomic mass is 10.0. The highest BCUT2D eigenvalue weighted by atomic mass is 16.4. The first kappa shape index (κ1) is 51.4. The van der Waals surface area contributed by atoms with Crippen LogP contribution in [0.15, 0.2) is 170 Å². The predicted octanol–water partition coefficient (Wildman–Crippen LogP) is 14.8. The van der Waals surface area contributed by atoms with E-state index in [-0.39, 0.29) is 22.3 Å². The average Bonchev–Trinajstić information content (AvgIpc) is 4.52. The first-order chi connectivity index (χ1) is 40.8. The highest BCUT2D eigenvalue weighted by Gasteiger charge is 2.21. The Morgan fingerprint density at radius 1 is 0.262 bits per heavy atom. The lowest BCUT2D eigenvalue weighted by Crippen LogP contribution is -1.96. The van der Waals surface area contributed by atoms with E-state index in [1.807, 2.05) is 97.1 Å². The normalized spacial score (nSPS) is 12.0. The van der Waals surface area contributed by atoms with Gasteiger partial charge in [0.05, 0.1) is 67.8 Å². The van der Waals surface area contributed by atoms with Gasteiger partial charge in [0, 0.05) is 66.4 Å². The number of carboxylic acids is 4. The minimum absolute atomic E-state index is 0.117. The third-order valence-electron chi connectivity index (χ3n) is 14.5. The molecule has 14 rings (SSSR count). The molecule has 4 aliphatic heterocycles. The van der Waals surface area contributed by atoms with Crippen LogP contribution in [0.2, 0.25) is 0 Å². The lowest BCUT2D eigenvalue weighted by molar-refractivity contribution is 0.0686. The number of nitrogens with one attached hydrogen (secondary N) is 4. The SMILES string of the molecule is C1=Cc2cc3ccc(cc4nc(cc5ccc(cc1n2)[nH]5)C=C4)[nH]3.O=C(O)c1ccc(-c2c3nc(c(-c4ccc(C(=O)O)cc4)c4ccc([nH]4)c(-c4ccc(C(=O)O)cc4)c4nc(c(-c5ccc(C(=O)O)cc5)c5ccc2[nH]5)C=C4)C=C3)cc1. The smallest absolute Gasteiger partial charge is 0.335 e. The summed E-state index contributed by atoms with van der Waals surface area (Å²) >= 11 is 0. The van der Waals surface area contributed by atoms with Gasteiger partial charge in [0.25, 0.3) is 0 Å². The Bertz CT molecular complexity index is 4290. The van der Waals surface area contributed by atoms with Crippen molar-refractivity contribution >= 4 is 117 Å². The largest absolute Gasteiger partial charge is 0.478 e. The fourth-order valence-corrected chi connectivity index (χ4v) is 10.5. The molecule has 84 heavy (non-hydrogen) atoms. The van der Waals surface area contributed by atoms with E-state index in [0.717, 1.165) is 44.8 Å². The van der Waals surface area contributed by atoms with Crippen LogP contribution >= 0.6 is 0 Å². The minimum Gasteiger partial charge on any atom is -0.478 e. The van der Waals surface area contributed by atoms with E-state index in [1.54, 1.807) is 48.5 Å². The van der Waals surface area contributed by atoms with Gasteiger partial charge in [-0.05, 0) is 192 Å². The van der Waals surface area contributed by atoms with Gasteiger partial charge in [0.15, 0.2) is 0 Å². The number of rotatable bonds is 8. The van der Waals surface area contributed by atoms with Crippen LogP contribution in [-0.4, -0.2) is 84.2 Å². The molecule has 0 unspecified atom stereocenters. The Morgan fingerprint density at radius 3 is 0.702 bits per heavy atom. The van der Waals surface area contributed by atoms with Gasteiger partial charge in [0.2, 0.25) is 0 Å². The van der Waals surface area contributed by atoms with E-state index in [1.165, 1.54) is 48.5 Å². The van der Waals surface area contributed by atoms with Gasteiger partial charge in [-0.2, -0.15) is 0 Å². The number of H-pyrrole nitrogens is 4. The number of aromatic amines is 4. The average molecular weight is 1100 g/mol. The fraction of sp³-hybridized carbons (Fsp3) is 0. The van der Waals surface area contributed by atoms with Crippen molar-refractivity contribution in [3.63, 3.8) is 0 Å². The van der Waals surface area contributed by atoms with Gasteiger partial charge in [-0.25, -0.2) is 39.1 Å². The maximum atomic E-state index is 11.8. The molecule has 404 valence electrons. The number of nitrogens with zero attached hydrogens (tertiary/aromatic N) is 4. The van der Waals surface area contributed by atoms with Crippen molar-refractivity contribution in [1.29, 1.82) is 0 Å². The van der Waals surface area contributed by atoms with E-state index in [4.69, 9.17) is 9.97 Å². The molecule has 16 heteroatoms. The Labute approximate surface area is 476 Å². The molecule has 0 aliphatic carbocycles. The molecule has 0 spiro atoms. The van der Waals surface area contributed by atoms with Crippen LogP contribution in [0.3, 0.4) is 0 Å². The van der Waals surface area contributed by atoms with Gasteiger partial charge in [-0.3, -0.25) is 0 Å². The molecule has 4 aromatic carbocycles. The number of aromatic carboxylic acids is 4. The molecule has 0 fully saturated rings. The van der Waals surface area contributed by atoms with Gasteiger partial charge in [0.1, 0.15) is 0 Å². The number of hydrogen-bond donors (Lipinski definition) is 8. The van der Waals surface area contributed by atoms with Crippen molar-refractivity contribution in [2.24, 2.45) is 0 Å². The van der Waals surface area contributed by atoms with Crippen LogP contribution in [0.4, 0.5) is 0 Å². The standard InChI is InChI=1S/C48H30N4O8.C20H14N4/c53-45(54)29-9-1-25(2-10-29)41-33-17-19-35(49-33)42(26-3-11-30(12-4-26)46(55)56)37-21-23-39(51-37)44(28-7-15-32(16-8-28)48(59)60)40-24-22-38(52-40)43(36-20-18-34(41)50-36)27-5-13-31(14-6-27)47(57)58;1-2-14-10-16-5-6-18(23-16)12-20-8-7-19(24-20)11-17-4-3-15(22-17)9-13(1)21-14/h1-24,49,52H,(H,53,54)(H,55,56)(H,57,58)(H,59,60);1-12,21,24H. The van der Waals surface area contributed by atoms with Crippen molar-refractivity contribution in [1.82, 2.24) is 39.9 Å². The van der Waals surface area contributed by atoms with Crippen molar-refractivity contribution in [2.75, 3.05) is 0 Å². The summed E-state index contributed by atoms with van der Waals surface area (Å²) in [6.45, 7) is 0. The van der Waals surface area contributed by atoms with Crippen molar-refractivity contribution in [3.8, 4) is 44.5 Å². The Kier molecular flexibility index (Phi) is 13.0. The first-order valence-electron chi connectivity index (χ1n) is 26.4. The quantitative estimate of drug-likeness (QED) is 0.0706. The zero-order valence-corrected chi connectivity index (χ0v) is 44.0. The fourth-order valence-electron chi connectivity index (χ4n) is 10.5. The number of benzene rings is 4. The number of carbonyl (C=O) groups is 4. The predicted molar refractivity (Wildman–Crippen MR) is 327 cm³/mol. The van der Waals surface area contributed by atoms with Crippen LogP contribution in [0.1, 0.15) is 87.0 Å². The second kappa shape index (κ2) is 21.2. The van der Waals surface area contributed by atoms with Gasteiger partial charge < -0.3 is 40.4 Å². The second-order valence-electron chi connectivity index (χ2n) is 19.9. The van der Waals surface area contributed by atoms with Crippen LogP contribution in [-0.2, 0) is 0 Å². The van der Waals surface area contributed by atoms with Crippen molar-refractivity contribution < 1.29 is 39.6 Å². The zero-order chi connectivity index (χ0) is 57.6. The molecule has 0 saturated heterocycles. The summed E-state index contributed by atoms with van der Waals surface area (Å²) in [6, 6.07) is 49.9. The molecule has 0 saturated carbocycles. The maximum Gasteiger partial charge on any atom is 0.335 e. The van der Waals surface area contributed by atoms with Crippen LogP contribution in [0.25, 0.3) is 137 Å². The van der Waals surface area contributed by atoms with E-state index < -0.39 is 23.9 Å². The van der Waals surface area contributed by atoms with Gasteiger partial charge >= 0.3 is 23.9 Å². The third-order valence-corrected chi connectivity index (χ3v) is 14.5. The summed E-state index contributed by atoms with van der Waals surface area (Å²) in [5, 5.41) is 38.7. The summed E-state index contributed by atoms with van der Waals surface area (Å²) < 4.78 is 0. The molecule has 4 aliphatic rings. The summed E-state index contributed by atoms with van der Waals surface area (Å²) in [7, 11) is 0. The number of hydrogen-bond acceptors (Lipinski definition) is 8. The van der Waals surface area contributed by atoms with E-state index in [2.05, 4.69) is 54.2 Å². The molecule has 16 bridgehead atoms. The number of aromatic nitrogens is 8. The molecular formula is C68H44N8O8. The Hall–Kier alpha value is -12.0. The van der Waals surface area contributed by atoms with Gasteiger partial charge in [-0.1, -0.05) is 48.5 Å². The summed E-state index contributed by atoms with van der Waals surface area (Å²) in [5.41, 5.74) is 18.6. The van der Waals surface area contributed by atoms with Gasteiger partial charge in [-0.15, -0.1) is 0 Å². The van der Waals surface area contributed by atoms with E-state index in [9.17, 15) is 39.6 Å². The Balaban J connectivity index is 0.000000226. The highest BCUT2D eigenvalue weighted by Crippen LogP contribution is 2.39. The molecule has 0 radical (unpaired) electrons. The first-order valence-corrected chi connectivity index (χ1v) is 26.4. The molecule has 10 aromatic rings. The molecular weight excluding hydrogens is 1060 g/mol. The monoisotopic (exact) mass is 1100 g/mol. The molecule has 16 nitrogen and oxygen atoms in total. The zero-order valence-electron chi connectivity index (χ0n) is 44.0. The highest BCUT2D eigenvalue weighted by molar-refractivity contribution is 6.01. The molecule has 0 amide bonds. The molecule has 8 N–H and O–H groups in total. The number of fused-ring (bicyclic) bond motifs is 16. The summed E-state index contributed by atoms with van der Waals surface area (Å²) in [5.74, 6) is -4.25. The topological polar surface area (TPSA) is 264 Å². The third kappa shape index (κ3) is 10.3. The van der Waals surface area contributed by atoms with Crippen LogP contribution in [0, 0.1) is 0 Å². The molecule has 6 aromatic heterocycles. The van der Waals surface area contributed by atoms with Crippen molar-refractivity contribution in [3.05, 3.63) is 238 Å². The summed E-state index contributed by atoms with van der Waals surface area (Å²) in [4.78, 5) is 80.8. The molecule has 10 heterocycles. The van der Waals surface area contributed by atoms with Crippen LogP contribution in [0.5, 0.6) is 0 Å². The summed E-state index contributed by atoms with van der Waals surface area (Å²) in [6.07, 6.45) is 15.6. The second-order valence-corrected chi connectivity index (χ2v) is 19.9. The van der Waals surface area contributed by atoms with Crippen molar-refractivity contribution in [2.45, 2.75) is 0 Å². The van der Waals surface area contributed by atoms with E-state index >= 15 is 0 Å². The number of carboxylic acid groups (broad SMARTS) is 4. The maximum absolute atomic E-state index is 11.8. The van der Waals surface area contributed by atoms with E-state index in [0.29, 0.717) is 89.4 Å². The Morgan fingerprint density at radius 2 is 0.488 bits per heavy atom. The van der Waals surface area contributed by atoms with Crippen LogP contribution < -0.4 is 0 Å².